The predicted octanol–water partition coefficient (Wildman–Crippen LogP) is 4.18. The SMILES string of the molecule is Cc1ccc(C(C)Nc2ccc(C(=O)c3nccn3C)cc2[N+](=O)[O-])cc1F. The molecule has 28 heavy (non-hydrogen) atoms. The van der Waals surface area contributed by atoms with Crippen molar-refractivity contribution in [2.75, 3.05) is 5.32 Å². The second-order valence-corrected chi connectivity index (χ2v) is 6.55. The largest absolute Gasteiger partial charge is 0.373 e. The zero-order valence-electron chi connectivity index (χ0n) is 15.6. The molecule has 8 heteroatoms. The minimum Gasteiger partial charge on any atom is -0.373 e. The molecule has 0 bridgehead atoms. The summed E-state index contributed by atoms with van der Waals surface area (Å²) in [5.74, 6) is -0.550. The van der Waals surface area contributed by atoms with Crippen LogP contribution in [0.4, 0.5) is 15.8 Å². The van der Waals surface area contributed by atoms with Gasteiger partial charge in [-0.3, -0.25) is 14.9 Å². The molecule has 2 aromatic carbocycles. The van der Waals surface area contributed by atoms with Crippen LogP contribution in [-0.2, 0) is 7.05 Å². The smallest absolute Gasteiger partial charge is 0.293 e. The Kier molecular flexibility index (Phi) is 5.21. The highest BCUT2D eigenvalue weighted by atomic mass is 19.1. The lowest BCUT2D eigenvalue weighted by Crippen LogP contribution is -2.11. The Bertz CT molecular complexity index is 1060. The average molecular weight is 382 g/mol. The molecular weight excluding hydrogens is 363 g/mol. The number of nitro groups is 1. The van der Waals surface area contributed by atoms with Crippen molar-refractivity contribution in [2.24, 2.45) is 7.05 Å². The Labute approximate surface area is 161 Å². The number of carbonyl (C=O) groups excluding carboxylic acids is 1. The summed E-state index contributed by atoms with van der Waals surface area (Å²) < 4.78 is 15.4. The van der Waals surface area contributed by atoms with Gasteiger partial charge >= 0.3 is 0 Å². The molecule has 0 radical (unpaired) electrons. The fraction of sp³-hybridized carbons (Fsp3) is 0.200. The van der Waals surface area contributed by atoms with Gasteiger partial charge in [0.25, 0.3) is 5.69 Å². The van der Waals surface area contributed by atoms with Crippen molar-refractivity contribution >= 4 is 17.2 Å². The molecule has 0 aliphatic carbocycles. The summed E-state index contributed by atoms with van der Waals surface area (Å²) in [6, 6.07) is 8.67. The molecule has 1 unspecified atom stereocenters. The second-order valence-electron chi connectivity index (χ2n) is 6.55. The van der Waals surface area contributed by atoms with Crippen LogP contribution in [0.15, 0.2) is 48.8 Å². The van der Waals surface area contributed by atoms with Crippen molar-refractivity contribution < 1.29 is 14.1 Å². The lowest BCUT2D eigenvalue weighted by Gasteiger charge is -2.16. The van der Waals surface area contributed by atoms with Gasteiger partial charge in [0.2, 0.25) is 5.78 Å². The molecule has 0 saturated heterocycles. The van der Waals surface area contributed by atoms with Gasteiger partial charge in [-0.1, -0.05) is 12.1 Å². The number of nitrogens with zero attached hydrogens (tertiary/aromatic N) is 3. The number of nitro benzene ring substituents is 1. The first-order chi connectivity index (χ1) is 13.3. The van der Waals surface area contributed by atoms with Gasteiger partial charge < -0.3 is 9.88 Å². The molecular formula is C20H19FN4O3. The number of imidazole rings is 1. The summed E-state index contributed by atoms with van der Waals surface area (Å²) in [5.41, 5.74) is 1.36. The number of halogens is 1. The maximum atomic E-state index is 13.8. The van der Waals surface area contributed by atoms with Crippen molar-refractivity contribution in [2.45, 2.75) is 19.9 Å². The van der Waals surface area contributed by atoms with E-state index in [9.17, 15) is 19.3 Å². The first-order valence-electron chi connectivity index (χ1n) is 8.61. The highest BCUT2D eigenvalue weighted by molar-refractivity contribution is 6.07. The number of nitrogens with one attached hydrogen (secondary N) is 1. The van der Waals surface area contributed by atoms with Crippen molar-refractivity contribution in [1.82, 2.24) is 9.55 Å². The lowest BCUT2D eigenvalue weighted by molar-refractivity contribution is -0.384. The molecule has 1 heterocycles. The zero-order chi connectivity index (χ0) is 20.4. The van der Waals surface area contributed by atoms with Gasteiger partial charge in [0.1, 0.15) is 11.5 Å². The van der Waals surface area contributed by atoms with Crippen LogP contribution in [0.5, 0.6) is 0 Å². The van der Waals surface area contributed by atoms with Crippen LogP contribution >= 0.6 is 0 Å². The van der Waals surface area contributed by atoms with Gasteiger partial charge in [-0.05, 0) is 43.2 Å². The summed E-state index contributed by atoms with van der Waals surface area (Å²) in [5, 5.41) is 14.6. The Morgan fingerprint density at radius 1 is 1.29 bits per heavy atom. The first-order valence-corrected chi connectivity index (χ1v) is 8.61. The number of aryl methyl sites for hydroxylation is 2. The molecule has 1 N–H and O–H groups in total. The van der Waals surface area contributed by atoms with E-state index in [-0.39, 0.29) is 34.6 Å². The average Bonchev–Trinajstić information content (AvgIpc) is 3.09. The van der Waals surface area contributed by atoms with E-state index in [1.165, 1.54) is 30.5 Å². The maximum absolute atomic E-state index is 13.8. The highest BCUT2D eigenvalue weighted by Gasteiger charge is 2.21. The number of ketones is 1. The number of aromatic nitrogens is 2. The Hall–Kier alpha value is -3.55. The molecule has 0 saturated carbocycles. The van der Waals surface area contributed by atoms with Crippen LogP contribution in [0.25, 0.3) is 0 Å². The van der Waals surface area contributed by atoms with E-state index >= 15 is 0 Å². The summed E-state index contributed by atoms with van der Waals surface area (Å²) in [6.07, 6.45) is 3.11. The number of carbonyl (C=O) groups is 1. The molecule has 144 valence electrons. The van der Waals surface area contributed by atoms with Crippen molar-refractivity contribution in [3.05, 3.63) is 87.2 Å². The molecule has 0 aliphatic heterocycles. The van der Waals surface area contributed by atoms with E-state index in [0.29, 0.717) is 11.1 Å². The lowest BCUT2D eigenvalue weighted by atomic mass is 10.0. The molecule has 0 spiro atoms. The van der Waals surface area contributed by atoms with Gasteiger partial charge in [-0.25, -0.2) is 9.37 Å². The number of benzene rings is 2. The van der Waals surface area contributed by atoms with Gasteiger partial charge in [0.05, 0.1) is 4.92 Å². The van der Waals surface area contributed by atoms with Crippen LogP contribution in [0.3, 0.4) is 0 Å². The molecule has 0 aliphatic rings. The van der Waals surface area contributed by atoms with Crippen molar-refractivity contribution in [1.29, 1.82) is 0 Å². The zero-order valence-corrected chi connectivity index (χ0v) is 15.6. The maximum Gasteiger partial charge on any atom is 0.293 e. The van der Waals surface area contributed by atoms with Gasteiger partial charge in [0, 0.05) is 37.1 Å². The molecule has 0 fully saturated rings. The van der Waals surface area contributed by atoms with Crippen LogP contribution in [0.1, 0.15) is 40.3 Å². The fourth-order valence-electron chi connectivity index (χ4n) is 2.85. The fourth-order valence-corrected chi connectivity index (χ4v) is 2.85. The molecule has 3 aromatic rings. The summed E-state index contributed by atoms with van der Waals surface area (Å²) >= 11 is 0. The Morgan fingerprint density at radius 3 is 2.64 bits per heavy atom. The highest BCUT2D eigenvalue weighted by Crippen LogP contribution is 2.30. The summed E-state index contributed by atoms with van der Waals surface area (Å²) in [7, 11) is 1.67. The van der Waals surface area contributed by atoms with Crippen molar-refractivity contribution in [3.8, 4) is 0 Å². The van der Waals surface area contributed by atoms with E-state index in [1.54, 1.807) is 43.8 Å². The van der Waals surface area contributed by atoms with Crippen molar-refractivity contribution in [3.63, 3.8) is 0 Å². The van der Waals surface area contributed by atoms with Gasteiger partial charge in [-0.15, -0.1) is 0 Å². The summed E-state index contributed by atoms with van der Waals surface area (Å²) in [6.45, 7) is 3.44. The van der Waals surface area contributed by atoms with Crippen LogP contribution in [0.2, 0.25) is 0 Å². The molecule has 0 amide bonds. The molecule has 1 aromatic heterocycles. The third-order valence-electron chi connectivity index (χ3n) is 4.55. The monoisotopic (exact) mass is 382 g/mol. The number of hydrogen-bond donors (Lipinski definition) is 1. The minimum absolute atomic E-state index is 0.167. The van der Waals surface area contributed by atoms with Gasteiger partial charge in [-0.2, -0.15) is 0 Å². The van der Waals surface area contributed by atoms with E-state index in [1.807, 2.05) is 0 Å². The number of hydrogen-bond acceptors (Lipinski definition) is 5. The van der Waals surface area contributed by atoms with E-state index in [4.69, 9.17) is 0 Å². The number of anilines is 1. The third-order valence-corrected chi connectivity index (χ3v) is 4.55. The summed E-state index contributed by atoms with van der Waals surface area (Å²) in [4.78, 5) is 27.5. The second kappa shape index (κ2) is 7.59. The predicted molar refractivity (Wildman–Crippen MR) is 103 cm³/mol. The minimum atomic E-state index is -0.556. The number of rotatable bonds is 6. The normalized spacial score (nSPS) is 11.9. The Balaban J connectivity index is 1.91. The van der Waals surface area contributed by atoms with Crippen LogP contribution in [0, 0.1) is 22.9 Å². The third kappa shape index (κ3) is 3.75. The molecule has 7 nitrogen and oxygen atoms in total. The van der Waals surface area contributed by atoms with Crippen LogP contribution in [-0.4, -0.2) is 20.3 Å². The molecule has 1 atom stereocenters. The topological polar surface area (TPSA) is 90.1 Å². The molecule has 3 rings (SSSR count). The van der Waals surface area contributed by atoms with E-state index < -0.39 is 10.7 Å². The van der Waals surface area contributed by atoms with E-state index in [0.717, 1.165) is 0 Å². The van der Waals surface area contributed by atoms with Crippen LogP contribution < -0.4 is 5.32 Å². The van der Waals surface area contributed by atoms with Gasteiger partial charge in [0.15, 0.2) is 5.82 Å². The standard InChI is InChI=1S/C20H19FN4O3/c1-12-4-5-14(10-16(12)21)13(2)23-17-7-6-15(11-18(17)25(27)28)19(26)20-22-8-9-24(20)3/h4-11,13,23H,1-3H3. The van der Waals surface area contributed by atoms with E-state index in [2.05, 4.69) is 10.3 Å². The quantitative estimate of drug-likeness (QED) is 0.392. The Morgan fingerprint density at radius 2 is 2.04 bits per heavy atom. The first kappa shape index (κ1) is 19.2.